The molecule has 0 radical (unpaired) electrons. The fourth-order valence-corrected chi connectivity index (χ4v) is 8.37. The minimum atomic E-state index is -0.900. The maximum absolute atomic E-state index is 13.7. The minimum absolute atomic E-state index is 0.0188. The lowest BCUT2D eigenvalue weighted by Crippen LogP contribution is -2.61. The van der Waals surface area contributed by atoms with E-state index in [2.05, 4.69) is 13.8 Å². The predicted molar refractivity (Wildman–Crippen MR) is 104 cm³/mol. The molecule has 0 N–H and O–H groups in total. The van der Waals surface area contributed by atoms with Crippen molar-refractivity contribution >= 4 is 23.2 Å². The van der Waals surface area contributed by atoms with Gasteiger partial charge in [0.05, 0.1) is 0 Å². The normalized spacial score (nSPS) is 52.1. The van der Waals surface area contributed by atoms with E-state index < -0.39 is 11.0 Å². The molecule has 152 valence electrons. The third-order valence-electron chi connectivity index (χ3n) is 9.55. The first kappa shape index (κ1) is 18.5. The summed E-state index contributed by atoms with van der Waals surface area (Å²) in [6.07, 6.45) is 5.07. The summed E-state index contributed by atoms with van der Waals surface area (Å²) in [5, 5.41) is 0. The Kier molecular flexibility index (Phi) is 3.66. The van der Waals surface area contributed by atoms with Crippen LogP contribution >= 0.6 is 0 Å². The topological polar surface area (TPSA) is 72.8 Å². The number of hydrogen-bond acceptors (Lipinski definition) is 5. The van der Waals surface area contributed by atoms with Crippen molar-refractivity contribution < 1.29 is 19.1 Å². The molecule has 1 aliphatic heterocycles. The minimum Gasteiger partial charge on any atom is -0.475 e. The second-order valence-corrected chi connectivity index (χ2v) is 10.6. The molecule has 0 unspecified atom stereocenters. The molecular weight excluding hydrogens is 354 g/mol. The van der Waals surface area contributed by atoms with Crippen molar-refractivity contribution in [1.82, 2.24) is 0 Å². The Morgan fingerprint density at radius 1 is 1.21 bits per heavy atom. The van der Waals surface area contributed by atoms with E-state index in [1.165, 1.54) is 0 Å². The molecule has 0 spiro atoms. The molecule has 0 aromatic rings. The van der Waals surface area contributed by atoms with Crippen molar-refractivity contribution in [3.8, 4) is 0 Å². The summed E-state index contributed by atoms with van der Waals surface area (Å²) >= 11 is 0. The van der Waals surface area contributed by atoms with Crippen molar-refractivity contribution in [3.63, 3.8) is 0 Å². The molecule has 1 heterocycles. The van der Waals surface area contributed by atoms with Crippen molar-refractivity contribution in [2.75, 3.05) is 0 Å². The van der Waals surface area contributed by atoms with Gasteiger partial charge in [-0.05, 0) is 55.8 Å². The average Bonchev–Trinajstić information content (AvgIpc) is 3.06. The van der Waals surface area contributed by atoms with E-state index in [9.17, 15) is 14.4 Å². The Morgan fingerprint density at radius 3 is 2.68 bits per heavy atom. The van der Waals surface area contributed by atoms with Gasteiger partial charge in [0.2, 0.25) is 0 Å². The number of nitrogens with zero attached hydrogens (tertiary/aromatic N) is 1. The van der Waals surface area contributed by atoms with Gasteiger partial charge >= 0.3 is 0 Å². The van der Waals surface area contributed by atoms with Crippen LogP contribution in [0, 0.1) is 34.5 Å². The fraction of sp³-hybridized carbons (Fsp3) is 0.826. The molecule has 5 rings (SSSR count). The second kappa shape index (κ2) is 5.54. The maximum Gasteiger partial charge on any atom is 0.181 e. The molecular formula is C23H31NO4. The van der Waals surface area contributed by atoms with Crippen molar-refractivity contribution in [2.24, 2.45) is 39.5 Å². The molecule has 0 saturated heterocycles. The third-order valence-corrected chi connectivity index (χ3v) is 9.55. The quantitative estimate of drug-likeness (QED) is 0.692. The highest BCUT2D eigenvalue weighted by Gasteiger charge is 2.74. The SMILES string of the molecule is CC(=O)[C@@]12N=C(C)O[C@@H]1C[C@H]1[C@@H]3CC[C@H]4CC(=O)CC[C@]4(C)[C@H]3C(=O)C[C@@]12C. The lowest BCUT2D eigenvalue weighted by Gasteiger charge is -2.59. The first-order chi connectivity index (χ1) is 13.1. The van der Waals surface area contributed by atoms with Crippen LogP contribution in [0.1, 0.15) is 72.6 Å². The zero-order valence-electron chi connectivity index (χ0n) is 17.4. The highest BCUT2D eigenvalue weighted by molar-refractivity contribution is 5.96. The molecule has 0 bridgehead atoms. The zero-order valence-corrected chi connectivity index (χ0v) is 17.4. The zero-order chi connectivity index (χ0) is 20.1. The van der Waals surface area contributed by atoms with Crippen LogP contribution in [-0.2, 0) is 19.1 Å². The van der Waals surface area contributed by atoms with Crippen LogP contribution < -0.4 is 0 Å². The number of carbonyl (C=O) groups excluding carboxylic acids is 3. The monoisotopic (exact) mass is 385 g/mol. The molecule has 28 heavy (non-hydrogen) atoms. The average molecular weight is 386 g/mol. The Labute approximate surface area is 166 Å². The van der Waals surface area contributed by atoms with Gasteiger partial charge in [-0.3, -0.25) is 14.4 Å². The van der Waals surface area contributed by atoms with Crippen LogP contribution in [-0.4, -0.2) is 34.9 Å². The van der Waals surface area contributed by atoms with E-state index in [1.54, 1.807) is 6.92 Å². The summed E-state index contributed by atoms with van der Waals surface area (Å²) in [6, 6.07) is 0. The highest BCUT2D eigenvalue weighted by Crippen LogP contribution is 2.69. The van der Waals surface area contributed by atoms with Gasteiger partial charge in [0.1, 0.15) is 17.7 Å². The molecule has 4 aliphatic carbocycles. The van der Waals surface area contributed by atoms with Gasteiger partial charge < -0.3 is 4.74 Å². The summed E-state index contributed by atoms with van der Waals surface area (Å²) in [5.41, 5.74) is -1.44. The van der Waals surface area contributed by atoms with Crippen molar-refractivity contribution in [2.45, 2.75) is 84.3 Å². The molecule has 4 saturated carbocycles. The molecule has 5 nitrogen and oxygen atoms in total. The van der Waals surface area contributed by atoms with E-state index in [4.69, 9.17) is 9.73 Å². The second-order valence-electron chi connectivity index (χ2n) is 10.6. The fourth-order valence-electron chi connectivity index (χ4n) is 8.37. The molecule has 0 aromatic carbocycles. The van der Waals surface area contributed by atoms with Gasteiger partial charge in [-0.2, -0.15) is 0 Å². The number of aliphatic imine (C=N–C) groups is 1. The Morgan fingerprint density at radius 2 is 1.96 bits per heavy atom. The molecule has 5 heteroatoms. The number of Topliss-reactive ketones (excluding diaryl/α,β-unsaturated/α-hetero) is 3. The van der Waals surface area contributed by atoms with Crippen LogP contribution in [0.3, 0.4) is 0 Å². The lowest BCUT2D eigenvalue weighted by molar-refractivity contribution is -0.162. The molecule has 0 aromatic heterocycles. The van der Waals surface area contributed by atoms with Crippen LogP contribution in [0.2, 0.25) is 0 Å². The van der Waals surface area contributed by atoms with Gasteiger partial charge in [0, 0.05) is 37.5 Å². The Hall–Kier alpha value is -1.52. The molecule has 4 fully saturated rings. The van der Waals surface area contributed by atoms with Crippen LogP contribution in [0.25, 0.3) is 0 Å². The van der Waals surface area contributed by atoms with Gasteiger partial charge in [0.15, 0.2) is 17.2 Å². The van der Waals surface area contributed by atoms with E-state index in [-0.39, 0.29) is 35.1 Å². The molecule has 0 amide bonds. The van der Waals surface area contributed by atoms with Gasteiger partial charge in [-0.1, -0.05) is 13.8 Å². The van der Waals surface area contributed by atoms with E-state index in [0.717, 1.165) is 25.7 Å². The number of rotatable bonds is 1. The van der Waals surface area contributed by atoms with Gasteiger partial charge in [0.25, 0.3) is 0 Å². The number of fused-ring (bicyclic) bond motifs is 7. The summed E-state index contributed by atoms with van der Waals surface area (Å²) in [5.74, 6) is 2.18. The van der Waals surface area contributed by atoms with Crippen LogP contribution in [0.4, 0.5) is 0 Å². The number of ketones is 3. The Balaban J connectivity index is 1.58. The standard InChI is InChI=1S/C23H31NO4/c1-12(25)23-19(28-13(2)24-23)10-17-16-6-5-14-9-15(26)7-8-21(14,3)20(16)18(27)11-22(17,23)4/h14,16-17,19-20H,5-11H2,1-4H3/t14-,16-,17-,19+,20+,21-,22-,23+/m0/s1. The third kappa shape index (κ3) is 1.98. The predicted octanol–water partition coefficient (Wildman–Crippen LogP) is 3.53. The van der Waals surface area contributed by atoms with E-state index in [0.29, 0.717) is 42.6 Å². The number of ether oxygens (including phenoxy) is 1. The number of carbonyl (C=O) groups is 3. The molecule has 8 atom stereocenters. The smallest absolute Gasteiger partial charge is 0.181 e. The largest absolute Gasteiger partial charge is 0.475 e. The van der Waals surface area contributed by atoms with Gasteiger partial charge in [-0.15, -0.1) is 0 Å². The summed E-state index contributed by atoms with van der Waals surface area (Å²) in [4.78, 5) is 43.4. The molecule has 5 aliphatic rings. The van der Waals surface area contributed by atoms with Crippen molar-refractivity contribution in [1.29, 1.82) is 0 Å². The first-order valence-electron chi connectivity index (χ1n) is 10.9. The summed E-state index contributed by atoms with van der Waals surface area (Å²) in [7, 11) is 0. The summed E-state index contributed by atoms with van der Waals surface area (Å²) in [6.45, 7) is 7.82. The van der Waals surface area contributed by atoms with Crippen LogP contribution in [0.5, 0.6) is 0 Å². The van der Waals surface area contributed by atoms with Crippen molar-refractivity contribution in [3.05, 3.63) is 0 Å². The maximum atomic E-state index is 13.7. The van der Waals surface area contributed by atoms with Crippen LogP contribution in [0.15, 0.2) is 4.99 Å². The van der Waals surface area contributed by atoms with E-state index >= 15 is 0 Å². The van der Waals surface area contributed by atoms with Gasteiger partial charge in [-0.25, -0.2) is 4.99 Å². The first-order valence-corrected chi connectivity index (χ1v) is 10.9. The highest BCUT2D eigenvalue weighted by atomic mass is 16.5. The summed E-state index contributed by atoms with van der Waals surface area (Å²) < 4.78 is 6.04. The lowest BCUT2D eigenvalue weighted by atomic mass is 9.43. The Bertz CT molecular complexity index is 817. The number of hydrogen-bond donors (Lipinski definition) is 0. The van der Waals surface area contributed by atoms with E-state index in [1.807, 2.05) is 6.92 Å².